The molecule has 2 aliphatic carbocycles. The van der Waals surface area contributed by atoms with Gasteiger partial charge in [0.05, 0.1) is 0 Å². The lowest BCUT2D eigenvalue weighted by Gasteiger charge is -2.23. The Bertz CT molecular complexity index is 266. The van der Waals surface area contributed by atoms with E-state index in [-0.39, 0.29) is 17.7 Å². The molecule has 2 rings (SSSR count). The second kappa shape index (κ2) is 3.32. The molecule has 0 bridgehead atoms. The molecule has 0 spiro atoms. The molecule has 1 amide bonds. The van der Waals surface area contributed by atoms with Crippen molar-refractivity contribution < 1.29 is 9.59 Å². The van der Waals surface area contributed by atoms with Crippen molar-refractivity contribution in [3.63, 3.8) is 0 Å². The second-order valence-corrected chi connectivity index (χ2v) is 3.71. The van der Waals surface area contributed by atoms with E-state index in [4.69, 9.17) is 0 Å². The number of ketones is 1. The van der Waals surface area contributed by atoms with E-state index in [9.17, 15) is 9.59 Å². The summed E-state index contributed by atoms with van der Waals surface area (Å²) >= 11 is 0. The van der Waals surface area contributed by atoms with Gasteiger partial charge in [0.15, 0.2) is 5.78 Å². The lowest BCUT2D eigenvalue weighted by Crippen LogP contribution is -2.39. The van der Waals surface area contributed by atoms with Gasteiger partial charge in [0, 0.05) is 5.92 Å². The number of nitrogens with one attached hydrogen (secondary N) is 1. The van der Waals surface area contributed by atoms with Crippen LogP contribution in [0.1, 0.15) is 25.7 Å². The van der Waals surface area contributed by atoms with E-state index in [1.165, 1.54) is 0 Å². The van der Waals surface area contributed by atoms with E-state index in [2.05, 4.69) is 5.32 Å². The van der Waals surface area contributed by atoms with Crippen LogP contribution >= 0.6 is 0 Å². The number of hydrogen-bond donors (Lipinski definition) is 1. The summed E-state index contributed by atoms with van der Waals surface area (Å²) in [6.45, 7) is 0. The number of rotatable bonds is 5. The van der Waals surface area contributed by atoms with Gasteiger partial charge in [-0.25, -0.2) is 0 Å². The average Bonchev–Trinajstić information content (AvgIpc) is 2.81. The zero-order valence-electron chi connectivity index (χ0n) is 7.45. The lowest BCUT2D eigenvalue weighted by atomic mass is 9.88. The number of carbonyl (C=O) groups excluding carboxylic acids is 2. The van der Waals surface area contributed by atoms with Gasteiger partial charge in [-0.3, -0.25) is 9.59 Å². The summed E-state index contributed by atoms with van der Waals surface area (Å²) < 4.78 is 0. The molecule has 0 unspecified atom stereocenters. The number of allylic oxidation sites excluding steroid dienone is 1. The smallest absolute Gasteiger partial charge is 0.207 e. The molecule has 0 saturated heterocycles. The van der Waals surface area contributed by atoms with Gasteiger partial charge < -0.3 is 5.32 Å². The van der Waals surface area contributed by atoms with Crippen molar-refractivity contribution in [2.75, 3.05) is 0 Å². The molecule has 1 saturated carbocycles. The third kappa shape index (κ3) is 1.64. The van der Waals surface area contributed by atoms with Crippen molar-refractivity contribution in [1.82, 2.24) is 5.32 Å². The molecule has 3 heteroatoms. The van der Waals surface area contributed by atoms with Crippen LogP contribution in [0.5, 0.6) is 0 Å². The van der Waals surface area contributed by atoms with Crippen LogP contribution in [0.4, 0.5) is 0 Å². The first kappa shape index (κ1) is 8.48. The lowest BCUT2D eigenvalue weighted by molar-refractivity contribution is -0.123. The molecule has 3 nitrogen and oxygen atoms in total. The minimum atomic E-state index is -0.307. The van der Waals surface area contributed by atoms with E-state index >= 15 is 0 Å². The van der Waals surface area contributed by atoms with Crippen LogP contribution in [0.2, 0.25) is 0 Å². The number of hydrogen-bond acceptors (Lipinski definition) is 2. The molecule has 2 aliphatic rings. The second-order valence-electron chi connectivity index (χ2n) is 3.71. The van der Waals surface area contributed by atoms with Gasteiger partial charge in [0.1, 0.15) is 6.04 Å². The summed E-state index contributed by atoms with van der Waals surface area (Å²) in [5.41, 5.74) is 1.10. The van der Waals surface area contributed by atoms with Gasteiger partial charge in [-0.05, 0) is 31.3 Å². The fraction of sp³-hybridized carbons (Fsp3) is 0.600. The first-order chi connectivity index (χ1) is 6.33. The zero-order valence-corrected chi connectivity index (χ0v) is 7.45. The molecular formula is C10H13NO2. The monoisotopic (exact) mass is 179 g/mol. The van der Waals surface area contributed by atoms with Gasteiger partial charge in [0.2, 0.25) is 6.41 Å². The van der Waals surface area contributed by atoms with E-state index in [1.807, 2.05) is 6.08 Å². The molecule has 13 heavy (non-hydrogen) atoms. The number of amides is 1. The van der Waals surface area contributed by atoms with Crippen molar-refractivity contribution in [3.8, 4) is 0 Å². The Hall–Kier alpha value is -1.12. The molecule has 1 atom stereocenters. The third-order valence-electron chi connectivity index (χ3n) is 2.71. The van der Waals surface area contributed by atoms with Crippen molar-refractivity contribution in [2.45, 2.75) is 31.7 Å². The van der Waals surface area contributed by atoms with Crippen molar-refractivity contribution in [2.24, 2.45) is 5.92 Å². The molecule has 0 aromatic carbocycles. The van der Waals surface area contributed by atoms with Crippen molar-refractivity contribution >= 4 is 12.2 Å². The summed E-state index contributed by atoms with van der Waals surface area (Å²) in [5, 5.41) is 2.61. The largest absolute Gasteiger partial charge is 0.345 e. The number of carbonyl (C=O) groups is 2. The number of Topliss-reactive ketones (excluding diaryl/α,β-unsaturated/α-hetero) is 1. The maximum Gasteiger partial charge on any atom is 0.207 e. The molecular weight excluding hydrogens is 166 g/mol. The standard InChI is InChI=1S/C10H13NO2/c12-6-11-9(7-2-1-3-7)10(13)8-4-5-8/h2,6,8-9H,1,3-5H2,(H,11,12)/t9-/m0/s1. The Morgan fingerprint density at radius 1 is 1.62 bits per heavy atom. The fourth-order valence-corrected chi connectivity index (χ4v) is 1.62. The van der Waals surface area contributed by atoms with Crippen molar-refractivity contribution in [3.05, 3.63) is 11.6 Å². The highest BCUT2D eigenvalue weighted by atomic mass is 16.1. The summed E-state index contributed by atoms with van der Waals surface area (Å²) in [5.74, 6) is 0.428. The average molecular weight is 179 g/mol. The molecule has 1 N–H and O–H groups in total. The van der Waals surface area contributed by atoms with Gasteiger partial charge in [0.25, 0.3) is 0 Å². The van der Waals surface area contributed by atoms with E-state index < -0.39 is 0 Å². The Morgan fingerprint density at radius 3 is 2.69 bits per heavy atom. The summed E-state index contributed by atoms with van der Waals surface area (Å²) in [6, 6.07) is -0.307. The molecule has 1 fully saturated rings. The highest BCUT2D eigenvalue weighted by molar-refractivity contribution is 5.92. The molecule has 0 aliphatic heterocycles. The first-order valence-corrected chi connectivity index (χ1v) is 4.75. The minimum Gasteiger partial charge on any atom is -0.345 e. The molecule has 0 aromatic rings. The van der Waals surface area contributed by atoms with E-state index in [0.29, 0.717) is 6.41 Å². The van der Waals surface area contributed by atoms with Gasteiger partial charge in [-0.1, -0.05) is 6.08 Å². The SMILES string of the molecule is O=CN[C@H](C(=O)C1CC1)C1=CCC1. The maximum absolute atomic E-state index is 11.7. The Morgan fingerprint density at radius 2 is 2.31 bits per heavy atom. The molecule has 70 valence electrons. The van der Waals surface area contributed by atoms with Crippen molar-refractivity contribution in [1.29, 1.82) is 0 Å². The van der Waals surface area contributed by atoms with Crippen LogP contribution in [-0.2, 0) is 9.59 Å². The Kier molecular flexibility index (Phi) is 2.17. The predicted octanol–water partition coefficient (Wildman–Crippen LogP) is 0.800. The fourth-order valence-electron chi connectivity index (χ4n) is 1.62. The Labute approximate surface area is 77.2 Å². The van der Waals surface area contributed by atoms with Crippen LogP contribution in [0.15, 0.2) is 11.6 Å². The van der Waals surface area contributed by atoms with Crippen LogP contribution < -0.4 is 5.32 Å². The Balaban J connectivity index is 2.02. The molecule has 0 aromatic heterocycles. The van der Waals surface area contributed by atoms with Crippen LogP contribution in [0.3, 0.4) is 0 Å². The van der Waals surface area contributed by atoms with Crippen LogP contribution in [-0.4, -0.2) is 18.2 Å². The summed E-state index contributed by atoms with van der Waals surface area (Å²) in [6.07, 6.45) is 6.69. The third-order valence-corrected chi connectivity index (χ3v) is 2.71. The zero-order chi connectivity index (χ0) is 9.26. The summed E-state index contributed by atoms with van der Waals surface area (Å²) in [7, 11) is 0. The quantitative estimate of drug-likeness (QED) is 0.501. The normalized spacial score (nSPS) is 22.6. The van der Waals surface area contributed by atoms with Gasteiger partial charge in [-0.2, -0.15) is 0 Å². The van der Waals surface area contributed by atoms with E-state index in [0.717, 1.165) is 31.3 Å². The first-order valence-electron chi connectivity index (χ1n) is 4.75. The van der Waals surface area contributed by atoms with Crippen LogP contribution in [0.25, 0.3) is 0 Å². The molecule has 0 radical (unpaired) electrons. The highest BCUT2D eigenvalue weighted by Gasteiger charge is 2.36. The topological polar surface area (TPSA) is 46.2 Å². The van der Waals surface area contributed by atoms with Crippen LogP contribution in [0, 0.1) is 5.92 Å². The minimum absolute atomic E-state index is 0.207. The molecule has 0 heterocycles. The van der Waals surface area contributed by atoms with Gasteiger partial charge >= 0.3 is 0 Å². The van der Waals surface area contributed by atoms with E-state index in [1.54, 1.807) is 0 Å². The van der Waals surface area contributed by atoms with Gasteiger partial charge in [-0.15, -0.1) is 0 Å². The maximum atomic E-state index is 11.7. The summed E-state index contributed by atoms with van der Waals surface area (Å²) in [4.78, 5) is 22.0. The highest BCUT2D eigenvalue weighted by Crippen LogP contribution is 2.34. The predicted molar refractivity (Wildman–Crippen MR) is 48.0 cm³/mol.